The number of carbonyl (C=O) groups excluding carboxylic acids is 1. The smallest absolute Gasteiger partial charge is 0.315 e. The minimum Gasteiger partial charge on any atom is -0.486 e. The lowest BCUT2D eigenvalue weighted by Gasteiger charge is -2.21. The Kier molecular flexibility index (Phi) is 4.86. The SMILES string of the molecule is CC(NC(=O)NCCC(=O)O)c1ccc2c(c1)OCCO2. The van der Waals surface area contributed by atoms with Crippen LogP contribution in [0.4, 0.5) is 4.79 Å². The maximum Gasteiger partial charge on any atom is 0.315 e. The Balaban J connectivity index is 1.89. The van der Waals surface area contributed by atoms with Crippen LogP contribution in [0, 0.1) is 0 Å². The van der Waals surface area contributed by atoms with Gasteiger partial charge in [0.2, 0.25) is 0 Å². The van der Waals surface area contributed by atoms with Gasteiger partial charge in [-0.3, -0.25) is 4.79 Å². The number of aliphatic carboxylic acids is 1. The molecule has 1 aromatic carbocycles. The van der Waals surface area contributed by atoms with E-state index in [-0.39, 0.29) is 19.0 Å². The second-order valence-electron chi connectivity index (χ2n) is 4.67. The van der Waals surface area contributed by atoms with Gasteiger partial charge in [0.05, 0.1) is 12.5 Å². The number of ether oxygens (including phenoxy) is 2. The third-order valence-corrected chi connectivity index (χ3v) is 3.04. The van der Waals surface area contributed by atoms with Crippen LogP contribution in [0.3, 0.4) is 0 Å². The van der Waals surface area contributed by atoms with E-state index in [0.717, 1.165) is 5.56 Å². The lowest BCUT2D eigenvalue weighted by molar-refractivity contribution is -0.136. The molecule has 1 aliphatic rings. The van der Waals surface area contributed by atoms with Crippen molar-refractivity contribution in [3.63, 3.8) is 0 Å². The third kappa shape index (κ3) is 4.27. The van der Waals surface area contributed by atoms with Gasteiger partial charge in [0.1, 0.15) is 13.2 Å². The van der Waals surface area contributed by atoms with Gasteiger partial charge in [0.25, 0.3) is 0 Å². The zero-order valence-electron chi connectivity index (χ0n) is 11.7. The molecule has 2 amide bonds. The van der Waals surface area contributed by atoms with Crippen molar-refractivity contribution in [3.05, 3.63) is 23.8 Å². The summed E-state index contributed by atoms with van der Waals surface area (Å²) in [6.07, 6.45) is -0.105. The van der Waals surface area contributed by atoms with Crippen molar-refractivity contribution in [2.24, 2.45) is 0 Å². The van der Waals surface area contributed by atoms with Crippen LogP contribution in [0.25, 0.3) is 0 Å². The van der Waals surface area contributed by atoms with E-state index in [1.807, 2.05) is 25.1 Å². The Labute approximate surface area is 122 Å². The Morgan fingerprint density at radius 2 is 2.00 bits per heavy atom. The van der Waals surface area contributed by atoms with Crippen molar-refractivity contribution in [2.45, 2.75) is 19.4 Å². The van der Waals surface area contributed by atoms with Gasteiger partial charge in [0, 0.05) is 6.54 Å². The number of carboxylic acids is 1. The average molecular weight is 294 g/mol. The highest BCUT2D eigenvalue weighted by molar-refractivity contribution is 5.75. The summed E-state index contributed by atoms with van der Waals surface area (Å²) in [5, 5.41) is 13.7. The normalized spacial score (nSPS) is 14.1. The molecule has 1 unspecified atom stereocenters. The Morgan fingerprint density at radius 1 is 1.29 bits per heavy atom. The second-order valence-corrected chi connectivity index (χ2v) is 4.67. The molecule has 0 saturated heterocycles. The Morgan fingerprint density at radius 3 is 2.71 bits per heavy atom. The van der Waals surface area contributed by atoms with Gasteiger partial charge in [-0.05, 0) is 24.6 Å². The molecule has 1 atom stereocenters. The van der Waals surface area contributed by atoms with Crippen molar-refractivity contribution in [2.75, 3.05) is 19.8 Å². The fourth-order valence-corrected chi connectivity index (χ4v) is 1.94. The molecule has 1 aliphatic heterocycles. The largest absolute Gasteiger partial charge is 0.486 e. The first kappa shape index (κ1) is 15.0. The highest BCUT2D eigenvalue weighted by Crippen LogP contribution is 2.32. The molecular weight excluding hydrogens is 276 g/mol. The number of hydrogen-bond donors (Lipinski definition) is 3. The molecule has 21 heavy (non-hydrogen) atoms. The summed E-state index contributed by atoms with van der Waals surface area (Å²) in [7, 11) is 0. The molecule has 0 saturated carbocycles. The maximum atomic E-state index is 11.6. The lowest BCUT2D eigenvalue weighted by atomic mass is 10.1. The van der Waals surface area contributed by atoms with Gasteiger partial charge in [-0.2, -0.15) is 0 Å². The monoisotopic (exact) mass is 294 g/mol. The molecule has 3 N–H and O–H groups in total. The molecule has 0 spiro atoms. The van der Waals surface area contributed by atoms with Crippen LogP contribution in [0.15, 0.2) is 18.2 Å². The molecule has 2 rings (SSSR count). The molecule has 1 aromatic rings. The summed E-state index contributed by atoms with van der Waals surface area (Å²) < 4.78 is 10.9. The predicted octanol–water partition coefficient (Wildman–Crippen LogP) is 1.29. The van der Waals surface area contributed by atoms with Crippen LogP contribution >= 0.6 is 0 Å². The highest BCUT2D eigenvalue weighted by atomic mass is 16.6. The third-order valence-electron chi connectivity index (χ3n) is 3.04. The fourth-order valence-electron chi connectivity index (χ4n) is 1.94. The van der Waals surface area contributed by atoms with Crippen molar-refractivity contribution in [3.8, 4) is 11.5 Å². The molecule has 0 radical (unpaired) electrons. The Hall–Kier alpha value is -2.44. The van der Waals surface area contributed by atoms with E-state index >= 15 is 0 Å². The van der Waals surface area contributed by atoms with Gasteiger partial charge in [-0.15, -0.1) is 0 Å². The molecular formula is C14H18N2O5. The highest BCUT2D eigenvalue weighted by Gasteiger charge is 2.15. The van der Waals surface area contributed by atoms with Crippen LogP contribution in [-0.4, -0.2) is 36.9 Å². The summed E-state index contributed by atoms with van der Waals surface area (Å²) in [6, 6.07) is 4.86. The van der Waals surface area contributed by atoms with E-state index in [9.17, 15) is 9.59 Å². The van der Waals surface area contributed by atoms with Crippen LogP contribution in [0.5, 0.6) is 11.5 Å². The van der Waals surface area contributed by atoms with Crippen molar-refractivity contribution >= 4 is 12.0 Å². The number of carbonyl (C=O) groups is 2. The first-order valence-corrected chi connectivity index (χ1v) is 6.72. The van der Waals surface area contributed by atoms with Crippen LogP contribution in [0.2, 0.25) is 0 Å². The van der Waals surface area contributed by atoms with Crippen LogP contribution in [0.1, 0.15) is 24.9 Å². The molecule has 7 heteroatoms. The summed E-state index contributed by atoms with van der Waals surface area (Å²) in [5.74, 6) is 0.414. The number of fused-ring (bicyclic) bond motifs is 1. The van der Waals surface area contributed by atoms with Crippen molar-refractivity contribution < 1.29 is 24.2 Å². The van der Waals surface area contributed by atoms with E-state index in [4.69, 9.17) is 14.6 Å². The minimum absolute atomic E-state index is 0.0923. The lowest BCUT2D eigenvalue weighted by Crippen LogP contribution is -2.38. The molecule has 0 aromatic heterocycles. The summed E-state index contributed by atoms with van der Waals surface area (Å²) in [5.41, 5.74) is 0.882. The Bertz CT molecular complexity index is 532. The summed E-state index contributed by atoms with van der Waals surface area (Å²) >= 11 is 0. The number of nitrogens with one attached hydrogen (secondary N) is 2. The van der Waals surface area contributed by atoms with E-state index < -0.39 is 12.0 Å². The van der Waals surface area contributed by atoms with Gasteiger partial charge in [0.15, 0.2) is 11.5 Å². The first-order valence-electron chi connectivity index (χ1n) is 6.72. The molecule has 0 fully saturated rings. The van der Waals surface area contributed by atoms with Crippen LogP contribution in [-0.2, 0) is 4.79 Å². The van der Waals surface area contributed by atoms with E-state index in [1.54, 1.807) is 0 Å². The number of hydrogen-bond acceptors (Lipinski definition) is 4. The predicted molar refractivity (Wildman–Crippen MR) is 74.6 cm³/mol. The number of amides is 2. The second kappa shape index (κ2) is 6.83. The topological polar surface area (TPSA) is 96.9 Å². The molecule has 114 valence electrons. The number of carboxylic acid groups (broad SMARTS) is 1. The molecule has 0 aliphatic carbocycles. The van der Waals surface area contributed by atoms with E-state index in [2.05, 4.69) is 10.6 Å². The van der Waals surface area contributed by atoms with E-state index in [1.165, 1.54) is 0 Å². The molecule has 1 heterocycles. The van der Waals surface area contributed by atoms with Gasteiger partial charge < -0.3 is 25.2 Å². The summed E-state index contributed by atoms with van der Waals surface area (Å²) in [4.78, 5) is 22.0. The number of benzene rings is 1. The standard InChI is InChI=1S/C14H18N2O5/c1-9(16-14(19)15-5-4-13(17)18)10-2-3-11-12(8-10)21-7-6-20-11/h2-3,8-9H,4-7H2,1H3,(H,17,18)(H2,15,16,19). The quantitative estimate of drug-likeness (QED) is 0.760. The minimum atomic E-state index is -0.949. The number of urea groups is 1. The fraction of sp³-hybridized carbons (Fsp3) is 0.429. The first-order chi connectivity index (χ1) is 10.1. The van der Waals surface area contributed by atoms with Crippen molar-refractivity contribution in [1.29, 1.82) is 0 Å². The molecule has 0 bridgehead atoms. The van der Waals surface area contributed by atoms with Gasteiger partial charge >= 0.3 is 12.0 Å². The number of rotatable bonds is 5. The van der Waals surface area contributed by atoms with Gasteiger partial charge in [-0.1, -0.05) is 6.07 Å². The zero-order chi connectivity index (χ0) is 15.2. The average Bonchev–Trinajstić information content (AvgIpc) is 2.46. The zero-order valence-corrected chi connectivity index (χ0v) is 11.7. The van der Waals surface area contributed by atoms with E-state index in [0.29, 0.717) is 24.7 Å². The molecule has 7 nitrogen and oxygen atoms in total. The van der Waals surface area contributed by atoms with Crippen LogP contribution < -0.4 is 20.1 Å². The van der Waals surface area contributed by atoms with Gasteiger partial charge in [-0.25, -0.2) is 4.79 Å². The maximum absolute atomic E-state index is 11.6. The van der Waals surface area contributed by atoms with Crippen molar-refractivity contribution in [1.82, 2.24) is 10.6 Å². The summed E-state index contributed by atoms with van der Waals surface area (Å²) in [6.45, 7) is 2.97.